The van der Waals surface area contributed by atoms with Crippen LogP contribution in [0.5, 0.6) is 0 Å². The number of ether oxygens (including phenoxy) is 1. The molecule has 0 aromatic heterocycles. The van der Waals surface area contributed by atoms with Crippen LogP contribution in [0.2, 0.25) is 0 Å². The third-order valence-electron chi connectivity index (χ3n) is 8.00. The monoisotopic (exact) mass is 476 g/mol. The quantitative estimate of drug-likeness (QED) is 0.611. The number of carbonyl (C=O) groups excluding carboxylic acids is 2. The predicted molar refractivity (Wildman–Crippen MR) is 131 cm³/mol. The first-order valence-corrected chi connectivity index (χ1v) is 12.6. The minimum Gasteiger partial charge on any atom is -0.480 e. The Morgan fingerprint density at radius 1 is 0.971 bits per heavy atom. The number of alkyl carbamates (subject to hydrolysis) is 1. The molecule has 0 spiro atoms. The van der Waals surface area contributed by atoms with Gasteiger partial charge in [0.1, 0.15) is 12.6 Å². The number of piperidine rings is 1. The number of aliphatic carboxylic acids is 1. The molecule has 1 saturated carbocycles. The van der Waals surface area contributed by atoms with E-state index in [-0.39, 0.29) is 30.3 Å². The Labute approximate surface area is 205 Å². The highest BCUT2D eigenvalue weighted by atomic mass is 16.5. The van der Waals surface area contributed by atoms with E-state index in [2.05, 4.69) is 29.6 Å². The highest BCUT2D eigenvalue weighted by Crippen LogP contribution is 2.45. The average Bonchev–Trinajstić information content (AvgIpc) is 3.17. The van der Waals surface area contributed by atoms with Crippen molar-refractivity contribution in [2.45, 2.75) is 56.9 Å². The van der Waals surface area contributed by atoms with Crippen LogP contribution in [0.25, 0.3) is 11.1 Å². The number of hydrogen-bond donors (Lipinski definition) is 2. The lowest BCUT2D eigenvalue weighted by Crippen LogP contribution is -2.51. The Morgan fingerprint density at radius 3 is 2.23 bits per heavy atom. The van der Waals surface area contributed by atoms with Gasteiger partial charge in [0.05, 0.1) is 0 Å². The normalized spacial score (nSPS) is 20.3. The van der Waals surface area contributed by atoms with E-state index >= 15 is 0 Å². The standard InChI is InChI=1S/C28H32N2O5/c31-25(30-15-6-5-12-24(30)26(32)33)16-28(13-7-14-28)18-29-27(34)35-17-23-21-10-3-1-8-19(21)20-9-2-4-11-22(20)23/h1-4,8-11,23-24H,5-7,12-18H2,(H,29,34)(H,32,33). The summed E-state index contributed by atoms with van der Waals surface area (Å²) in [4.78, 5) is 38.8. The van der Waals surface area contributed by atoms with Crippen LogP contribution in [0.1, 0.15) is 62.0 Å². The SMILES string of the molecule is O=C(NCC1(CC(=O)N2CCCCC2C(=O)O)CCC1)OCC1c2ccccc2-c2ccccc21. The van der Waals surface area contributed by atoms with Gasteiger partial charge in [0.25, 0.3) is 0 Å². The Balaban J connectivity index is 1.17. The van der Waals surface area contributed by atoms with Crippen LogP contribution in [0.4, 0.5) is 4.79 Å². The molecule has 3 aliphatic rings. The molecule has 184 valence electrons. The number of carboxylic acids is 1. The highest BCUT2D eigenvalue weighted by Gasteiger charge is 2.42. The summed E-state index contributed by atoms with van der Waals surface area (Å²) in [5.74, 6) is -1.05. The molecule has 5 rings (SSSR count). The number of benzene rings is 2. The molecule has 1 aliphatic heterocycles. The molecule has 2 N–H and O–H groups in total. The second-order valence-electron chi connectivity index (χ2n) is 10.1. The number of hydrogen-bond acceptors (Lipinski definition) is 4. The van der Waals surface area contributed by atoms with E-state index in [0.29, 0.717) is 19.5 Å². The van der Waals surface area contributed by atoms with Gasteiger partial charge in [-0.25, -0.2) is 9.59 Å². The first-order valence-electron chi connectivity index (χ1n) is 12.6. The molecule has 7 heteroatoms. The minimum atomic E-state index is -0.933. The number of amides is 2. The lowest BCUT2D eigenvalue weighted by Gasteiger charge is -2.43. The molecule has 2 aliphatic carbocycles. The highest BCUT2D eigenvalue weighted by molar-refractivity contribution is 5.84. The van der Waals surface area contributed by atoms with Crippen LogP contribution in [0.15, 0.2) is 48.5 Å². The van der Waals surface area contributed by atoms with Crippen molar-refractivity contribution in [1.82, 2.24) is 10.2 Å². The summed E-state index contributed by atoms with van der Waals surface area (Å²) in [6.45, 7) is 1.10. The molecule has 2 aromatic rings. The number of fused-ring (bicyclic) bond motifs is 3. The van der Waals surface area contributed by atoms with Gasteiger partial charge in [0.2, 0.25) is 5.91 Å². The van der Waals surface area contributed by atoms with Crippen molar-refractivity contribution < 1.29 is 24.2 Å². The van der Waals surface area contributed by atoms with Gasteiger partial charge in [-0.3, -0.25) is 4.79 Å². The average molecular weight is 477 g/mol. The molecule has 1 unspecified atom stereocenters. The summed E-state index contributed by atoms with van der Waals surface area (Å²) in [7, 11) is 0. The summed E-state index contributed by atoms with van der Waals surface area (Å²) < 4.78 is 5.65. The molecule has 35 heavy (non-hydrogen) atoms. The fourth-order valence-electron chi connectivity index (χ4n) is 5.91. The number of nitrogens with zero attached hydrogens (tertiary/aromatic N) is 1. The molecule has 2 amide bonds. The van der Waals surface area contributed by atoms with Gasteiger partial charge < -0.3 is 20.1 Å². The van der Waals surface area contributed by atoms with Crippen molar-refractivity contribution in [3.8, 4) is 11.1 Å². The molecular formula is C28H32N2O5. The first-order chi connectivity index (χ1) is 17.0. The van der Waals surface area contributed by atoms with E-state index in [1.54, 1.807) is 0 Å². The maximum atomic E-state index is 13.0. The summed E-state index contributed by atoms with van der Waals surface area (Å²) in [6, 6.07) is 15.7. The molecule has 1 saturated heterocycles. The van der Waals surface area contributed by atoms with Crippen LogP contribution in [-0.2, 0) is 14.3 Å². The zero-order valence-electron chi connectivity index (χ0n) is 19.9. The molecular weight excluding hydrogens is 444 g/mol. The lowest BCUT2D eigenvalue weighted by molar-refractivity contribution is -0.153. The van der Waals surface area contributed by atoms with Gasteiger partial charge in [0, 0.05) is 25.4 Å². The Kier molecular flexibility index (Phi) is 6.50. The molecule has 1 heterocycles. The number of carboxylic acid groups (broad SMARTS) is 1. The summed E-state index contributed by atoms with van der Waals surface area (Å²) in [5.41, 5.74) is 4.38. The van der Waals surface area contributed by atoms with E-state index < -0.39 is 18.1 Å². The molecule has 2 aromatic carbocycles. The Morgan fingerprint density at radius 2 is 1.63 bits per heavy atom. The van der Waals surface area contributed by atoms with Crippen molar-refractivity contribution in [3.05, 3.63) is 59.7 Å². The van der Waals surface area contributed by atoms with Crippen molar-refractivity contribution in [1.29, 1.82) is 0 Å². The maximum Gasteiger partial charge on any atom is 0.407 e. The number of carbonyl (C=O) groups is 3. The van der Waals surface area contributed by atoms with Crippen LogP contribution in [0, 0.1) is 5.41 Å². The van der Waals surface area contributed by atoms with Crippen molar-refractivity contribution in [3.63, 3.8) is 0 Å². The third-order valence-corrected chi connectivity index (χ3v) is 8.00. The van der Waals surface area contributed by atoms with Gasteiger partial charge in [-0.15, -0.1) is 0 Å². The minimum absolute atomic E-state index is 0.000514. The lowest BCUT2D eigenvalue weighted by atomic mass is 9.66. The predicted octanol–water partition coefficient (Wildman–Crippen LogP) is 4.55. The van der Waals surface area contributed by atoms with Gasteiger partial charge in [-0.2, -0.15) is 0 Å². The molecule has 7 nitrogen and oxygen atoms in total. The number of nitrogens with one attached hydrogen (secondary N) is 1. The number of rotatable bonds is 7. The van der Waals surface area contributed by atoms with Gasteiger partial charge in [0.15, 0.2) is 0 Å². The first kappa shape index (κ1) is 23.4. The summed E-state index contributed by atoms with van der Waals surface area (Å²) in [6.07, 6.45) is 4.64. The van der Waals surface area contributed by atoms with E-state index in [4.69, 9.17) is 4.74 Å². The van der Waals surface area contributed by atoms with E-state index in [9.17, 15) is 19.5 Å². The third kappa shape index (κ3) is 4.64. The summed E-state index contributed by atoms with van der Waals surface area (Å²) in [5, 5.41) is 12.4. The zero-order chi connectivity index (χ0) is 24.4. The molecule has 0 radical (unpaired) electrons. The van der Waals surface area contributed by atoms with E-state index in [1.807, 2.05) is 24.3 Å². The van der Waals surface area contributed by atoms with Crippen molar-refractivity contribution >= 4 is 18.0 Å². The Bertz CT molecular complexity index is 1080. The fraction of sp³-hybridized carbons (Fsp3) is 0.464. The maximum absolute atomic E-state index is 13.0. The van der Waals surface area contributed by atoms with Crippen molar-refractivity contribution in [2.75, 3.05) is 19.7 Å². The number of likely N-dealkylation sites (tertiary alicyclic amines) is 1. The Hall–Kier alpha value is -3.35. The molecule has 0 bridgehead atoms. The molecule has 2 fully saturated rings. The van der Waals surface area contributed by atoms with E-state index in [0.717, 1.165) is 43.2 Å². The van der Waals surface area contributed by atoms with Crippen LogP contribution >= 0.6 is 0 Å². The largest absolute Gasteiger partial charge is 0.480 e. The smallest absolute Gasteiger partial charge is 0.407 e. The van der Waals surface area contributed by atoms with Crippen LogP contribution in [0.3, 0.4) is 0 Å². The van der Waals surface area contributed by atoms with Gasteiger partial charge in [-0.05, 0) is 59.8 Å². The van der Waals surface area contributed by atoms with Gasteiger partial charge in [-0.1, -0.05) is 55.0 Å². The fourth-order valence-corrected chi connectivity index (χ4v) is 5.91. The van der Waals surface area contributed by atoms with Crippen molar-refractivity contribution in [2.24, 2.45) is 5.41 Å². The second kappa shape index (κ2) is 9.72. The summed E-state index contributed by atoms with van der Waals surface area (Å²) >= 11 is 0. The van der Waals surface area contributed by atoms with Crippen LogP contribution < -0.4 is 5.32 Å². The van der Waals surface area contributed by atoms with Gasteiger partial charge >= 0.3 is 12.1 Å². The zero-order valence-corrected chi connectivity index (χ0v) is 19.9. The second-order valence-corrected chi connectivity index (χ2v) is 10.1. The molecule has 1 atom stereocenters. The van der Waals surface area contributed by atoms with E-state index in [1.165, 1.54) is 16.0 Å². The topological polar surface area (TPSA) is 95.9 Å². The van der Waals surface area contributed by atoms with Crippen LogP contribution in [-0.4, -0.2) is 53.7 Å².